The summed E-state index contributed by atoms with van der Waals surface area (Å²) in [4.78, 5) is 1.28. The molecule has 1 atom stereocenters. The molecular formula is C16H27NO3S. The summed E-state index contributed by atoms with van der Waals surface area (Å²) >= 11 is 1.81. The van der Waals surface area contributed by atoms with Crippen LogP contribution in [0.2, 0.25) is 0 Å². The van der Waals surface area contributed by atoms with E-state index >= 15 is 0 Å². The fraction of sp³-hybridized carbons (Fsp3) is 0.625. The van der Waals surface area contributed by atoms with Crippen molar-refractivity contribution in [2.45, 2.75) is 17.9 Å². The smallest absolute Gasteiger partial charge is 0.0701 e. The predicted octanol–water partition coefficient (Wildman–Crippen LogP) is 2.74. The van der Waals surface area contributed by atoms with E-state index in [1.165, 1.54) is 10.5 Å². The highest BCUT2D eigenvalue weighted by Gasteiger charge is 2.02. The summed E-state index contributed by atoms with van der Waals surface area (Å²) in [6.07, 6.45) is 0. The first-order valence-corrected chi connectivity index (χ1v) is 8.31. The lowest BCUT2D eigenvalue weighted by Gasteiger charge is -2.11. The maximum absolute atomic E-state index is 5.52. The van der Waals surface area contributed by atoms with Crippen molar-refractivity contribution in [3.05, 3.63) is 29.8 Å². The lowest BCUT2D eigenvalue weighted by atomic mass is 10.1. The van der Waals surface area contributed by atoms with Crippen molar-refractivity contribution in [3.8, 4) is 0 Å². The van der Waals surface area contributed by atoms with Crippen LogP contribution in [0.25, 0.3) is 0 Å². The molecule has 0 aliphatic rings. The molecule has 0 fully saturated rings. The van der Waals surface area contributed by atoms with Gasteiger partial charge in [-0.1, -0.05) is 12.1 Å². The quantitative estimate of drug-likeness (QED) is 0.474. The zero-order chi connectivity index (χ0) is 15.3. The SMILES string of the molecule is CNC(C)c1ccc(SCCOCCOCCOC)cc1. The van der Waals surface area contributed by atoms with Gasteiger partial charge in [-0.25, -0.2) is 0 Å². The lowest BCUT2D eigenvalue weighted by molar-refractivity contribution is 0.0286. The molecule has 5 heteroatoms. The highest BCUT2D eigenvalue weighted by Crippen LogP contribution is 2.20. The number of rotatable bonds is 12. The largest absolute Gasteiger partial charge is 0.382 e. The number of nitrogens with one attached hydrogen (secondary N) is 1. The lowest BCUT2D eigenvalue weighted by Crippen LogP contribution is -2.11. The van der Waals surface area contributed by atoms with Crippen molar-refractivity contribution in [2.24, 2.45) is 0 Å². The molecule has 21 heavy (non-hydrogen) atoms. The van der Waals surface area contributed by atoms with Crippen LogP contribution >= 0.6 is 11.8 Å². The molecule has 4 nitrogen and oxygen atoms in total. The number of ether oxygens (including phenoxy) is 3. The Balaban J connectivity index is 2.05. The van der Waals surface area contributed by atoms with Crippen LogP contribution in [-0.2, 0) is 14.2 Å². The van der Waals surface area contributed by atoms with E-state index in [9.17, 15) is 0 Å². The highest BCUT2D eigenvalue weighted by molar-refractivity contribution is 7.99. The number of hydrogen-bond donors (Lipinski definition) is 1. The molecule has 0 amide bonds. The van der Waals surface area contributed by atoms with E-state index in [4.69, 9.17) is 14.2 Å². The average molecular weight is 313 g/mol. The minimum Gasteiger partial charge on any atom is -0.382 e. The van der Waals surface area contributed by atoms with Crippen molar-refractivity contribution in [1.29, 1.82) is 0 Å². The Morgan fingerprint density at radius 1 is 1.00 bits per heavy atom. The zero-order valence-corrected chi connectivity index (χ0v) is 14.1. The van der Waals surface area contributed by atoms with Crippen LogP contribution in [0.15, 0.2) is 29.2 Å². The average Bonchev–Trinajstić information content (AvgIpc) is 2.53. The van der Waals surface area contributed by atoms with Gasteiger partial charge in [-0.15, -0.1) is 11.8 Å². The summed E-state index contributed by atoms with van der Waals surface area (Å²) in [6.45, 7) is 5.44. The third kappa shape index (κ3) is 8.44. The molecule has 1 unspecified atom stereocenters. The van der Waals surface area contributed by atoms with E-state index in [2.05, 4.69) is 36.5 Å². The van der Waals surface area contributed by atoms with E-state index in [0.29, 0.717) is 32.5 Å². The molecule has 1 aromatic carbocycles. The first kappa shape index (κ1) is 18.5. The van der Waals surface area contributed by atoms with Gasteiger partial charge in [0, 0.05) is 23.8 Å². The van der Waals surface area contributed by atoms with E-state index in [1.54, 1.807) is 7.11 Å². The summed E-state index contributed by atoms with van der Waals surface area (Å²) in [5.74, 6) is 0.957. The summed E-state index contributed by atoms with van der Waals surface area (Å²) in [5, 5.41) is 3.24. The number of benzene rings is 1. The van der Waals surface area contributed by atoms with Gasteiger partial charge in [0.15, 0.2) is 0 Å². The second-order valence-corrected chi connectivity index (χ2v) is 5.81. The third-order valence-electron chi connectivity index (χ3n) is 3.11. The second-order valence-electron chi connectivity index (χ2n) is 4.65. The molecule has 0 saturated heterocycles. The Bertz CT molecular complexity index is 359. The van der Waals surface area contributed by atoms with E-state index in [1.807, 2.05) is 18.8 Å². The fourth-order valence-electron chi connectivity index (χ4n) is 1.70. The molecular weight excluding hydrogens is 286 g/mol. The molecule has 1 rings (SSSR count). The van der Waals surface area contributed by atoms with Crippen molar-refractivity contribution < 1.29 is 14.2 Å². The van der Waals surface area contributed by atoms with E-state index in [-0.39, 0.29) is 0 Å². The monoisotopic (exact) mass is 313 g/mol. The van der Waals surface area contributed by atoms with Gasteiger partial charge < -0.3 is 19.5 Å². The Morgan fingerprint density at radius 3 is 2.24 bits per heavy atom. The molecule has 0 aliphatic carbocycles. The molecule has 0 radical (unpaired) electrons. The van der Waals surface area contributed by atoms with Crippen LogP contribution in [0.3, 0.4) is 0 Å². The van der Waals surface area contributed by atoms with Crippen LogP contribution in [0.1, 0.15) is 18.5 Å². The zero-order valence-electron chi connectivity index (χ0n) is 13.3. The molecule has 0 heterocycles. The topological polar surface area (TPSA) is 39.7 Å². The van der Waals surface area contributed by atoms with Crippen LogP contribution < -0.4 is 5.32 Å². The van der Waals surface area contributed by atoms with E-state index < -0.39 is 0 Å². The standard InChI is InChI=1S/C16H27NO3S/c1-14(17-2)15-4-6-16(7-5-15)21-13-12-20-11-10-19-9-8-18-3/h4-7,14,17H,8-13H2,1-3H3. The molecule has 1 N–H and O–H groups in total. The number of hydrogen-bond acceptors (Lipinski definition) is 5. The maximum Gasteiger partial charge on any atom is 0.0701 e. The van der Waals surface area contributed by atoms with Gasteiger partial charge >= 0.3 is 0 Å². The second kappa shape index (κ2) is 12.0. The Labute approximate surface area is 132 Å². The highest BCUT2D eigenvalue weighted by atomic mass is 32.2. The first-order chi connectivity index (χ1) is 10.3. The van der Waals surface area contributed by atoms with Crippen LogP contribution in [-0.4, -0.2) is 52.9 Å². The van der Waals surface area contributed by atoms with Gasteiger partial charge in [0.05, 0.1) is 33.0 Å². The van der Waals surface area contributed by atoms with Crippen molar-refractivity contribution in [2.75, 3.05) is 52.9 Å². The summed E-state index contributed by atoms with van der Waals surface area (Å²) in [7, 11) is 3.65. The predicted molar refractivity (Wildman–Crippen MR) is 88.2 cm³/mol. The fourth-order valence-corrected chi connectivity index (χ4v) is 2.47. The Kier molecular flexibility index (Phi) is 10.6. The first-order valence-electron chi connectivity index (χ1n) is 7.32. The van der Waals surface area contributed by atoms with Gasteiger partial charge in [-0.3, -0.25) is 0 Å². The van der Waals surface area contributed by atoms with Crippen LogP contribution in [0.4, 0.5) is 0 Å². The van der Waals surface area contributed by atoms with Crippen LogP contribution in [0.5, 0.6) is 0 Å². The maximum atomic E-state index is 5.52. The van der Waals surface area contributed by atoms with Gasteiger partial charge in [0.25, 0.3) is 0 Å². The number of methoxy groups -OCH3 is 1. The number of thioether (sulfide) groups is 1. The third-order valence-corrected chi connectivity index (χ3v) is 4.09. The van der Waals surface area contributed by atoms with Gasteiger partial charge in [-0.05, 0) is 31.7 Å². The van der Waals surface area contributed by atoms with Gasteiger partial charge in [0.1, 0.15) is 0 Å². The molecule has 0 bridgehead atoms. The summed E-state index contributed by atoms with van der Waals surface area (Å²) < 4.78 is 15.7. The Morgan fingerprint density at radius 2 is 1.62 bits per heavy atom. The van der Waals surface area contributed by atoms with E-state index in [0.717, 1.165) is 12.4 Å². The minimum absolute atomic E-state index is 0.394. The molecule has 1 aromatic rings. The normalized spacial score (nSPS) is 12.5. The molecule has 120 valence electrons. The van der Waals surface area contributed by atoms with Crippen molar-refractivity contribution >= 4 is 11.8 Å². The molecule has 0 aliphatic heterocycles. The van der Waals surface area contributed by atoms with Crippen molar-refractivity contribution in [3.63, 3.8) is 0 Å². The molecule has 0 spiro atoms. The van der Waals surface area contributed by atoms with Crippen molar-refractivity contribution in [1.82, 2.24) is 5.32 Å². The minimum atomic E-state index is 0.394. The van der Waals surface area contributed by atoms with Crippen LogP contribution in [0, 0.1) is 0 Å². The van der Waals surface area contributed by atoms with Gasteiger partial charge in [0.2, 0.25) is 0 Å². The summed E-state index contributed by atoms with van der Waals surface area (Å²) in [5.41, 5.74) is 1.31. The Hall–Kier alpha value is -0.590. The summed E-state index contributed by atoms with van der Waals surface area (Å²) in [6, 6.07) is 9.08. The van der Waals surface area contributed by atoms with Gasteiger partial charge in [-0.2, -0.15) is 0 Å². The molecule has 0 saturated carbocycles. The molecule has 0 aromatic heterocycles.